The Balaban J connectivity index is 1.96. The molecule has 1 N–H and O–H groups in total. The maximum Gasteiger partial charge on any atom is 0.161 e. The van der Waals surface area contributed by atoms with Crippen LogP contribution in [0.2, 0.25) is 0 Å². The SMILES string of the molecule is CCNCc1ccc(OC)c(OCCc2cccnc2)c1. The van der Waals surface area contributed by atoms with Gasteiger partial charge in [0.1, 0.15) is 0 Å². The molecule has 1 aromatic carbocycles. The van der Waals surface area contributed by atoms with Crippen LogP contribution in [0.15, 0.2) is 42.7 Å². The molecule has 21 heavy (non-hydrogen) atoms. The normalized spacial score (nSPS) is 10.4. The van der Waals surface area contributed by atoms with Gasteiger partial charge in [0.2, 0.25) is 0 Å². The van der Waals surface area contributed by atoms with E-state index in [2.05, 4.69) is 29.4 Å². The maximum absolute atomic E-state index is 5.87. The Morgan fingerprint density at radius 2 is 2.05 bits per heavy atom. The number of hydrogen-bond donors (Lipinski definition) is 1. The summed E-state index contributed by atoms with van der Waals surface area (Å²) in [4.78, 5) is 4.10. The van der Waals surface area contributed by atoms with Gasteiger partial charge in [-0.05, 0) is 35.9 Å². The Labute approximate surface area is 126 Å². The van der Waals surface area contributed by atoms with E-state index >= 15 is 0 Å². The molecule has 2 rings (SSSR count). The summed E-state index contributed by atoms with van der Waals surface area (Å²) in [6.45, 7) is 4.48. The summed E-state index contributed by atoms with van der Waals surface area (Å²) < 4.78 is 11.2. The monoisotopic (exact) mass is 286 g/mol. The molecule has 1 heterocycles. The lowest BCUT2D eigenvalue weighted by Gasteiger charge is -2.12. The highest BCUT2D eigenvalue weighted by molar-refractivity contribution is 5.43. The van der Waals surface area contributed by atoms with Gasteiger partial charge in [0.25, 0.3) is 0 Å². The Kier molecular flexibility index (Phi) is 6.03. The molecule has 0 aliphatic carbocycles. The fourth-order valence-corrected chi connectivity index (χ4v) is 2.04. The first-order valence-corrected chi connectivity index (χ1v) is 7.22. The van der Waals surface area contributed by atoms with Gasteiger partial charge in [0.05, 0.1) is 13.7 Å². The first-order valence-electron chi connectivity index (χ1n) is 7.22. The largest absolute Gasteiger partial charge is 0.493 e. The van der Waals surface area contributed by atoms with Crippen LogP contribution in [0.4, 0.5) is 0 Å². The summed E-state index contributed by atoms with van der Waals surface area (Å²) in [6, 6.07) is 10.0. The molecule has 0 radical (unpaired) electrons. The molecule has 0 amide bonds. The standard InChI is InChI=1S/C17H22N2O2/c1-3-18-13-15-6-7-16(20-2)17(11-15)21-10-8-14-5-4-9-19-12-14/h4-7,9,11-12,18H,3,8,10,13H2,1-2H3. The minimum atomic E-state index is 0.604. The van der Waals surface area contributed by atoms with Gasteiger partial charge in [-0.25, -0.2) is 0 Å². The zero-order valence-electron chi connectivity index (χ0n) is 12.6. The number of nitrogens with one attached hydrogen (secondary N) is 1. The Morgan fingerprint density at radius 1 is 1.14 bits per heavy atom. The molecule has 0 aliphatic rings. The second-order valence-corrected chi connectivity index (χ2v) is 4.73. The van der Waals surface area contributed by atoms with Crippen molar-refractivity contribution in [3.8, 4) is 11.5 Å². The first kappa shape index (κ1) is 15.3. The molecule has 0 aliphatic heterocycles. The predicted molar refractivity (Wildman–Crippen MR) is 83.8 cm³/mol. The predicted octanol–water partition coefficient (Wildman–Crippen LogP) is 2.82. The first-order chi connectivity index (χ1) is 10.3. The Bertz CT molecular complexity index is 544. The summed E-state index contributed by atoms with van der Waals surface area (Å²) >= 11 is 0. The second-order valence-electron chi connectivity index (χ2n) is 4.73. The molecule has 0 bridgehead atoms. The molecule has 0 saturated heterocycles. The van der Waals surface area contributed by atoms with Crippen LogP contribution in [0.3, 0.4) is 0 Å². The van der Waals surface area contributed by atoms with Gasteiger partial charge < -0.3 is 14.8 Å². The molecule has 1 aromatic heterocycles. The van der Waals surface area contributed by atoms with Crippen LogP contribution < -0.4 is 14.8 Å². The number of hydrogen-bond acceptors (Lipinski definition) is 4. The highest BCUT2D eigenvalue weighted by Gasteiger charge is 2.06. The van der Waals surface area contributed by atoms with E-state index in [-0.39, 0.29) is 0 Å². The number of ether oxygens (including phenoxy) is 2. The zero-order chi connectivity index (χ0) is 14.9. The van der Waals surface area contributed by atoms with Crippen molar-refractivity contribution in [1.82, 2.24) is 10.3 Å². The molecule has 2 aromatic rings. The lowest BCUT2D eigenvalue weighted by atomic mass is 10.2. The number of nitrogens with zero attached hydrogens (tertiary/aromatic N) is 1. The maximum atomic E-state index is 5.87. The van der Waals surface area contributed by atoms with Gasteiger partial charge in [0.15, 0.2) is 11.5 Å². The number of aromatic nitrogens is 1. The van der Waals surface area contributed by atoms with Gasteiger partial charge in [0, 0.05) is 25.4 Å². The van der Waals surface area contributed by atoms with Crippen molar-refractivity contribution in [3.05, 3.63) is 53.9 Å². The molecular weight excluding hydrogens is 264 g/mol. The third-order valence-electron chi connectivity index (χ3n) is 3.18. The third-order valence-corrected chi connectivity index (χ3v) is 3.18. The molecule has 0 spiro atoms. The van der Waals surface area contributed by atoms with Crippen molar-refractivity contribution < 1.29 is 9.47 Å². The van der Waals surface area contributed by atoms with E-state index in [1.54, 1.807) is 13.3 Å². The van der Waals surface area contributed by atoms with Crippen molar-refractivity contribution in [2.75, 3.05) is 20.3 Å². The van der Waals surface area contributed by atoms with Crippen LogP contribution >= 0.6 is 0 Å². The lowest BCUT2D eigenvalue weighted by Crippen LogP contribution is -2.12. The number of benzene rings is 1. The van der Waals surface area contributed by atoms with E-state index in [4.69, 9.17) is 9.47 Å². The molecule has 4 nitrogen and oxygen atoms in total. The minimum Gasteiger partial charge on any atom is -0.493 e. The molecule has 112 valence electrons. The van der Waals surface area contributed by atoms with Crippen molar-refractivity contribution in [2.45, 2.75) is 19.9 Å². The highest BCUT2D eigenvalue weighted by atomic mass is 16.5. The van der Waals surface area contributed by atoms with E-state index in [1.807, 2.05) is 24.4 Å². The summed E-state index contributed by atoms with van der Waals surface area (Å²) in [5.74, 6) is 1.55. The van der Waals surface area contributed by atoms with Crippen LogP contribution in [-0.4, -0.2) is 25.2 Å². The molecular formula is C17H22N2O2. The van der Waals surface area contributed by atoms with Crippen molar-refractivity contribution in [2.24, 2.45) is 0 Å². The average molecular weight is 286 g/mol. The van der Waals surface area contributed by atoms with Gasteiger partial charge >= 0.3 is 0 Å². The van der Waals surface area contributed by atoms with Crippen LogP contribution in [0.1, 0.15) is 18.1 Å². The van der Waals surface area contributed by atoms with Gasteiger partial charge in [-0.3, -0.25) is 4.98 Å². The summed E-state index contributed by atoms with van der Waals surface area (Å²) in [5.41, 5.74) is 2.36. The molecule has 0 atom stereocenters. The molecule has 4 heteroatoms. The average Bonchev–Trinajstić information content (AvgIpc) is 2.54. The minimum absolute atomic E-state index is 0.604. The smallest absolute Gasteiger partial charge is 0.161 e. The summed E-state index contributed by atoms with van der Waals surface area (Å²) in [6.07, 6.45) is 4.47. The van der Waals surface area contributed by atoms with Crippen molar-refractivity contribution in [3.63, 3.8) is 0 Å². The van der Waals surface area contributed by atoms with Crippen LogP contribution in [0.25, 0.3) is 0 Å². The van der Waals surface area contributed by atoms with Gasteiger partial charge in [-0.15, -0.1) is 0 Å². The summed E-state index contributed by atoms with van der Waals surface area (Å²) in [5, 5.41) is 3.31. The lowest BCUT2D eigenvalue weighted by molar-refractivity contribution is 0.297. The Morgan fingerprint density at radius 3 is 2.76 bits per heavy atom. The van der Waals surface area contributed by atoms with E-state index in [1.165, 1.54) is 11.1 Å². The third kappa shape index (κ3) is 4.76. The van der Waals surface area contributed by atoms with E-state index < -0.39 is 0 Å². The fourth-order valence-electron chi connectivity index (χ4n) is 2.04. The van der Waals surface area contributed by atoms with Gasteiger partial charge in [-0.1, -0.05) is 19.1 Å². The Hall–Kier alpha value is -2.07. The zero-order valence-corrected chi connectivity index (χ0v) is 12.6. The molecule has 0 saturated carbocycles. The van der Waals surface area contributed by atoms with Crippen molar-refractivity contribution in [1.29, 1.82) is 0 Å². The highest BCUT2D eigenvalue weighted by Crippen LogP contribution is 2.28. The topological polar surface area (TPSA) is 43.4 Å². The van der Waals surface area contributed by atoms with E-state index in [0.717, 1.165) is 31.0 Å². The quantitative estimate of drug-likeness (QED) is 0.810. The molecule has 0 unspecified atom stereocenters. The van der Waals surface area contributed by atoms with Crippen molar-refractivity contribution >= 4 is 0 Å². The fraction of sp³-hybridized carbons (Fsp3) is 0.353. The van der Waals surface area contributed by atoms with Crippen LogP contribution in [-0.2, 0) is 13.0 Å². The van der Waals surface area contributed by atoms with Crippen LogP contribution in [0, 0.1) is 0 Å². The molecule has 0 fully saturated rings. The number of rotatable bonds is 8. The van der Waals surface area contributed by atoms with Crippen LogP contribution in [0.5, 0.6) is 11.5 Å². The number of pyridine rings is 1. The van der Waals surface area contributed by atoms with E-state index in [0.29, 0.717) is 6.61 Å². The summed E-state index contributed by atoms with van der Waals surface area (Å²) in [7, 11) is 1.66. The second kappa shape index (κ2) is 8.27. The number of methoxy groups -OCH3 is 1. The van der Waals surface area contributed by atoms with E-state index in [9.17, 15) is 0 Å². The van der Waals surface area contributed by atoms with Gasteiger partial charge in [-0.2, -0.15) is 0 Å².